The van der Waals surface area contributed by atoms with Crippen molar-refractivity contribution in [2.75, 3.05) is 23.7 Å². The van der Waals surface area contributed by atoms with Gasteiger partial charge in [-0.3, -0.25) is 0 Å². The van der Waals surface area contributed by atoms with Crippen LogP contribution in [0.3, 0.4) is 0 Å². The molecule has 3 aromatic rings. The van der Waals surface area contributed by atoms with Gasteiger partial charge in [0.25, 0.3) is 0 Å². The summed E-state index contributed by atoms with van der Waals surface area (Å²) in [6.45, 7) is 6.22. The van der Waals surface area contributed by atoms with Gasteiger partial charge in [-0.1, -0.05) is 12.1 Å². The number of nitrogen functional groups attached to an aromatic ring is 1. The lowest BCUT2D eigenvalue weighted by Gasteiger charge is -2.20. The Kier molecular flexibility index (Phi) is 3.52. The highest BCUT2D eigenvalue weighted by atomic mass is 16.3. The molecule has 1 aromatic heterocycles. The van der Waals surface area contributed by atoms with Crippen molar-refractivity contribution in [1.29, 1.82) is 0 Å². The number of hydrogen-bond donors (Lipinski definition) is 1. The summed E-state index contributed by atoms with van der Waals surface area (Å²) < 4.78 is 5.90. The maximum absolute atomic E-state index is 5.99. The van der Waals surface area contributed by atoms with E-state index in [2.05, 4.69) is 29.8 Å². The minimum Gasteiger partial charge on any atom is -0.436 e. The lowest BCUT2D eigenvalue weighted by atomic mass is 10.2. The number of hydrogen-bond acceptors (Lipinski definition) is 4. The van der Waals surface area contributed by atoms with E-state index < -0.39 is 0 Å². The fourth-order valence-corrected chi connectivity index (χ4v) is 2.51. The summed E-state index contributed by atoms with van der Waals surface area (Å²) in [5.74, 6) is 0.569. The van der Waals surface area contributed by atoms with Crippen molar-refractivity contribution in [3.63, 3.8) is 0 Å². The van der Waals surface area contributed by atoms with Crippen molar-refractivity contribution in [2.24, 2.45) is 0 Å². The highest BCUT2D eigenvalue weighted by Crippen LogP contribution is 2.30. The number of rotatable bonds is 4. The Morgan fingerprint density at radius 1 is 1.10 bits per heavy atom. The van der Waals surface area contributed by atoms with E-state index in [1.54, 1.807) is 0 Å². The van der Waals surface area contributed by atoms with Crippen LogP contribution in [0.25, 0.3) is 22.6 Å². The molecule has 0 unspecified atom stereocenters. The first kappa shape index (κ1) is 13.5. The maximum Gasteiger partial charge on any atom is 0.229 e. The van der Waals surface area contributed by atoms with Crippen LogP contribution in [0.2, 0.25) is 0 Å². The Labute approximate surface area is 124 Å². The summed E-state index contributed by atoms with van der Waals surface area (Å²) in [5.41, 5.74) is 10.3. The van der Waals surface area contributed by atoms with Crippen molar-refractivity contribution < 1.29 is 4.42 Å². The monoisotopic (exact) mass is 281 g/mol. The van der Waals surface area contributed by atoms with Crippen molar-refractivity contribution in [2.45, 2.75) is 13.8 Å². The van der Waals surface area contributed by atoms with Gasteiger partial charge in [0.2, 0.25) is 5.89 Å². The maximum atomic E-state index is 5.99. The van der Waals surface area contributed by atoms with Crippen LogP contribution in [-0.4, -0.2) is 18.1 Å². The molecule has 2 aromatic carbocycles. The van der Waals surface area contributed by atoms with Crippen LogP contribution in [-0.2, 0) is 0 Å². The van der Waals surface area contributed by atoms with Crippen LogP contribution in [0.15, 0.2) is 46.9 Å². The Hall–Kier alpha value is -2.49. The molecule has 4 nitrogen and oxygen atoms in total. The van der Waals surface area contributed by atoms with E-state index in [1.807, 2.05) is 36.4 Å². The zero-order chi connectivity index (χ0) is 14.8. The Morgan fingerprint density at radius 3 is 2.57 bits per heavy atom. The molecule has 0 saturated carbocycles. The lowest BCUT2D eigenvalue weighted by Crippen LogP contribution is -2.21. The first-order valence-corrected chi connectivity index (χ1v) is 7.23. The molecule has 1 heterocycles. The van der Waals surface area contributed by atoms with E-state index in [4.69, 9.17) is 10.2 Å². The fourth-order valence-electron chi connectivity index (χ4n) is 2.51. The molecule has 21 heavy (non-hydrogen) atoms. The number of nitrogens with two attached hydrogens (primary N) is 1. The fraction of sp³-hybridized carbons (Fsp3) is 0.235. The molecule has 3 rings (SSSR count). The van der Waals surface area contributed by atoms with Crippen LogP contribution in [0.4, 0.5) is 11.4 Å². The first-order chi connectivity index (χ1) is 10.2. The second-order valence-electron chi connectivity index (χ2n) is 4.93. The molecule has 0 radical (unpaired) electrons. The number of para-hydroxylation sites is 1. The SMILES string of the molecule is CCN(CC)c1ccc2nc(-c3ccccc3N)oc2c1. The number of aromatic nitrogens is 1. The summed E-state index contributed by atoms with van der Waals surface area (Å²) in [6, 6.07) is 13.7. The zero-order valence-corrected chi connectivity index (χ0v) is 12.3. The molecule has 0 aliphatic rings. The molecule has 2 N–H and O–H groups in total. The van der Waals surface area contributed by atoms with E-state index in [9.17, 15) is 0 Å². The smallest absolute Gasteiger partial charge is 0.229 e. The minimum atomic E-state index is 0.569. The predicted molar refractivity (Wildman–Crippen MR) is 87.4 cm³/mol. The van der Waals surface area contributed by atoms with Crippen molar-refractivity contribution in [3.05, 3.63) is 42.5 Å². The Morgan fingerprint density at radius 2 is 1.86 bits per heavy atom. The molecule has 0 saturated heterocycles. The molecule has 108 valence electrons. The lowest BCUT2D eigenvalue weighted by molar-refractivity contribution is 0.620. The molecule has 0 amide bonds. The van der Waals surface area contributed by atoms with Crippen LogP contribution in [0.1, 0.15) is 13.8 Å². The highest BCUT2D eigenvalue weighted by molar-refractivity contribution is 5.82. The molecule has 0 fully saturated rings. The zero-order valence-electron chi connectivity index (χ0n) is 12.3. The van der Waals surface area contributed by atoms with Gasteiger partial charge in [0.05, 0.1) is 5.56 Å². The number of oxazole rings is 1. The van der Waals surface area contributed by atoms with E-state index in [0.29, 0.717) is 11.6 Å². The highest BCUT2D eigenvalue weighted by Gasteiger charge is 2.12. The quantitative estimate of drug-likeness (QED) is 0.736. The first-order valence-electron chi connectivity index (χ1n) is 7.23. The van der Waals surface area contributed by atoms with Gasteiger partial charge in [-0.15, -0.1) is 0 Å². The van der Waals surface area contributed by atoms with Gasteiger partial charge >= 0.3 is 0 Å². The molecular formula is C17H19N3O. The van der Waals surface area contributed by atoms with Crippen molar-refractivity contribution in [1.82, 2.24) is 4.98 Å². The number of anilines is 2. The average Bonchev–Trinajstić information content (AvgIpc) is 2.92. The predicted octanol–water partition coefficient (Wildman–Crippen LogP) is 3.92. The van der Waals surface area contributed by atoms with Crippen LogP contribution in [0, 0.1) is 0 Å². The van der Waals surface area contributed by atoms with E-state index in [1.165, 1.54) is 0 Å². The van der Waals surface area contributed by atoms with Gasteiger partial charge in [-0.2, -0.15) is 0 Å². The summed E-state index contributed by atoms with van der Waals surface area (Å²) in [5, 5.41) is 0. The molecule has 0 aliphatic carbocycles. The van der Waals surface area contributed by atoms with Crippen molar-refractivity contribution in [3.8, 4) is 11.5 Å². The topological polar surface area (TPSA) is 55.3 Å². The standard InChI is InChI=1S/C17H19N3O/c1-3-20(4-2)12-9-10-15-16(11-12)21-17(19-15)13-7-5-6-8-14(13)18/h5-11H,3-4,18H2,1-2H3. The normalized spacial score (nSPS) is 11.0. The van der Waals surface area contributed by atoms with E-state index in [0.717, 1.165) is 35.4 Å². The molecule has 0 bridgehead atoms. The second-order valence-corrected chi connectivity index (χ2v) is 4.93. The van der Waals surface area contributed by atoms with Crippen LogP contribution < -0.4 is 10.6 Å². The van der Waals surface area contributed by atoms with Gasteiger partial charge < -0.3 is 15.1 Å². The summed E-state index contributed by atoms with van der Waals surface area (Å²) in [4.78, 5) is 6.81. The third-order valence-electron chi connectivity index (χ3n) is 3.69. The van der Waals surface area contributed by atoms with Gasteiger partial charge in [0.15, 0.2) is 5.58 Å². The molecule has 4 heteroatoms. The van der Waals surface area contributed by atoms with E-state index >= 15 is 0 Å². The summed E-state index contributed by atoms with van der Waals surface area (Å²) >= 11 is 0. The molecule has 0 aliphatic heterocycles. The summed E-state index contributed by atoms with van der Waals surface area (Å²) in [7, 11) is 0. The second kappa shape index (κ2) is 5.48. The van der Waals surface area contributed by atoms with Crippen LogP contribution >= 0.6 is 0 Å². The Balaban J connectivity index is 2.07. The van der Waals surface area contributed by atoms with Crippen molar-refractivity contribution >= 4 is 22.5 Å². The van der Waals surface area contributed by atoms with E-state index in [-0.39, 0.29) is 0 Å². The van der Waals surface area contributed by atoms with Gasteiger partial charge in [0.1, 0.15) is 5.52 Å². The third kappa shape index (κ3) is 2.44. The van der Waals surface area contributed by atoms with Crippen LogP contribution in [0.5, 0.6) is 0 Å². The van der Waals surface area contributed by atoms with Gasteiger partial charge in [0, 0.05) is 30.5 Å². The molecular weight excluding hydrogens is 262 g/mol. The third-order valence-corrected chi connectivity index (χ3v) is 3.69. The molecule has 0 spiro atoms. The number of nitrogens with zero attached hydrogens (tertiary/aromatic N) is 2. The number of fused-ring (bicyclic) bond motifs is 1. The summed E-state index contributed by atoms with van der Waals surface area (Å²) in [6.07, 6.45) is 0. The molecule has 0 atom stereocenters. The number of benzene rings is 2. The average molecular weight is 281 g/mol. The van der Waals surface area contributed by atoms with Gasteiger partial charge in [-0.05, 0) is 38.1 Å². The van der Waals surface area contributed by atoms with Gasteiger partial charge in [-0.25, -0.2) is 4.98 Å². The minimum absolute atomic E-state index is 0.569. The Bertz CT molecular complexity index is 760. The largest absolute Gasteiger partial charge is 0.436 e.